The minimum atomic E-state index is 0.419. The summed E-state index contributed by atoms with van der Waals surface area (Å²) >= 11 is 0. The van der Waals surface area contributed by atoms with Crippen LogP contribution in [0.15, 0.2) is 18.3 Å². The van der Waals surface area contributed by atoms with Crippen LogP contribution in [0.2, 0.25) is 0 Å². The fourth-order valence-electron chi connectivity index (χ4n) is 3.78. The maximum absolute atomic E-state index is 4.62. The summed E-state index contributed by atoms with van der Waals surface area (Å²) in [5, 5.41) is 0. The number of hydrogen-bond acceptors (Lipinski definition) is 1. The molecule has 0 unspecified atom stereocenters. The highest BCUT2D eigenvalue weighted by atomic mass is 14.8. The Kier molecular flexibility index (Phi) is 3.67. The van der Waals surface area contributed by atoms with E-state index in [-0.39, 0.29) is 0 Å². The second-order valence-electron chi connectivity index (χ2n) is 6.16. The molecule has 1 fully saturated rings. The third-order valence-corrected chi connectivity index (χ3v) is 4.92. The second kappa shape index (κ2) is 5.42. The van der Waals surface area contributed by atoms with Gasteiger partial charge in [0, 0.05) is 11.6 Å². The van der Waals surface area contributed by atoms with Crippen LogP contribution in [0, 0.1) is 0 Å². The van der Waals surface area contributed by atoms with Crippen LogP contribution in [0.25, 0.3) is 0 Å². The molecule has 3 rings (SSSR count). The third kappa shape index (κ3) is 2.32. The Balaban J connectivity index is 1.65. The van der Waals surface area contributed by atoms with Crippen molar-refractivity contribution >= 4 is 0 Å². The Bertz CT molecular complexity index is 359. The number of aromatic nitrogens is 1. The van der Waals surface area contributed by atoms with Crippen LogP contribution in [-0.4, -0.2) is 4.98 Å². The first-order valence-electron chi connectivity index (χ1n) is 7.89. The van der Waals surface area contributed by atoms with E-state index < -0.39 is 0 Å². The van der Waals surface area contributed by atoms with Crippen molar-refractivity contribution in [2.24, 2.45) is 0 Å². The molecule has 1 heterocycles. The van der Waals surface area contributed by atoms with Gasteiger partial charge < -0.3 is 0 Å². The fraction of sp³-hybridized carbons (Fsp3) is 0.706. The zero-order valence-electron chi connectivity index (χ0n) is 11.5. The fourth-order valence-corrected chi connectivity index (χ4v) is 3.78. The Morgan fingerprint density at radius 2 is 1.33 bits per heavy atom. The summed E-state index contributed by atoms with van der Waals surface area (Å²) < 4.78 is 0. The lowest BCUT2D eigenvalue weighted by atomic mass is 9.87. The van der Waals surface area contributed by atoms with Crippen LogP contribution < -0.4 is 0 Å². The van der Waals surface area contributed by atoms with E-state index in [0.717, 1.165) is 0 Å². The standard InChI is InChI=1S/C17H25N/c1-2-4-6-8-12-17(13-9-7-5-3-1)15-11-10-14-18-16(15)17/h10-11,14H,1-9,12-13H2. The van der Waals surface area contributed by atoms with E-state index in [9.17, 15) is 0 Å². The first-order valence-corrected chi connectivity index (χ1v) is 7.89. The molecule has 1 spiro atoms. The monoisotopic (exact) mass is 243 g/mol. The maximum Gasteiger partial charge on any atom is 0.0551 e. The first kappa shape index (κ1) is 12.2. The van der Waals surface area contributed by atoms with Gasteiger partial charge in [-0.05, 0) is 24.5 Å². The Hall–Kier alpha value is -0.850. The summed E-state index contributed by atoms with van der Waals surface area (Å²) in [6, 6.07) is 4.43. The zero-order chi connectivity index (χ0) is 12.3. The van der Waals surface area contributed by atoms with Crippen molar-refractivity contribution in [3.05, 3.63) is 29.6 Å². The molecule has 0 amide bonds. The van der Waals surface area contributed by atoms with Gasteiger partial charge in [-0.3, -0.25) is 4.98 Å². The second-order valence-corrected chi connectivity index (χ2v) is 6.16. The Morgan fingerprint density at radius 3 is 1.83 bits per heavy atom. The minimum Gasteiger partial charge on any atom is -0.260 e. The molecule has 18 heavy (non-hydrogen) atoms. The molecule has 1 nitrogen and oxygen atoms in total. The number of hydrogen-bond donors (Lipinski definition) is 0. The summed E-state index contributed by atoms with van der Waals surface area (Å²) in [6.45, 7) is 0. The van der Waals surface area contributed by atoms with E-state index in [1.165, 1.54) is 76.3 Å². The van der Waals surface area contributed by atoms with Gasteiger partial charge in [-0.2, -0.15) is 0 Å². The smallest absolute Gasteiger partial charge is 0.0551 e. The van der Waals surface area contributed by atoms with Crippen molar-refractivity contribution in [1.82, 2.24) is 4.98 Å². The van der Waals surface area contributed by atoms with Gasteiger partial charge in [0.2, 0.25) is 0 Å². The molecule has 0 aromatic carbocycles. The van der Waals surface area contributed by atoms with Crippen LogP contribution in [0.5, 0.6) is 0 Å². The van der Waals surface area contributed by atoms with Crippen molar-refractivity contribution in [1.29, 1.82) is 0 Å². The summed E-state index contributed by atoms with van der Waals surface area (Å²) in [7, 11) is 0. The summed E-state index contributed by atoms with van der Waals surface area (Å²) in [5.74, 6) is 0. The number of rotatable bonds is 0. The van der Waals surface area contributed by atoms with E-state index in [1.807, 2.05) is 6.20 Å². The van der Waals surface area contributed by atoms with Gasteiger partial charge in [-0.25, -0.2) is 0 Å². The SMILES string of the molecule is c1cnc2c(c1)C21CCCCCCCCCCC1. The molecule has 1 aromatic rings. The summed E-state index contributed by atoms with van der Waals surface area (Å²) in [5.41, 5.74) is 3.42. The van der Waals surface area contributed by atoms with E-state index in [4.69, 9.17) is 0 Å². The Labute approximate surface area is 111 Å². The van der Waals surface area contributed by atoms with Crippen molar-refractivity contribution in [3.63, 3.8) is 0 Å². The lowest BCUT2D eigenvalue weighted by molar-refractivity contribution is 0.434. The molecule has 0 aliphatic heterocycles. The molecule has 1 heteroatoms. The van der Waals surface area contributed by atoms with Gasteiger partial charge in [0.25, 0.3) is 0 Å². The van der Waals surface area contributed by atoms with E-state index in [2.05, 4.69) is 17.1 Å². The lowest BCUT2D eigenvalue weighted by Crippen LogP contribution is -2.09. The average molecular weight is 243 g/mol. The minimum absolute atomic E-state index is 0.419. The third-order valence-electron chi connectivity index (χ3n) is 4.92. The maximum atomic E-state index is 4.62. The normalized spacial score (nSPS) is 23.8. The predicted octanol–water partition coefficient (Wildman–Crippen LogP) is 4.99. The molecule has 1 saturated carbocycles. The van der Waals surface area contributed by atoms with Crippen molar-refractivity contribution in [3.8, 4) is 0 Å². The summed E-state index contributed by atoms with van der Waals surface area (Å²) in [4.78, 5) is 4.62. The van der Waals surface area contributed by atoms with Crippen molar-refractivity contribution < 1.29 is 0 Å². The highest BCUT2D eigenvalue weighted by Crippen LogP contribution is 2.55. The van der Waals surface area contributed by atoms with E-state index >= 15 is 0 Å². The largest absolute Gasteiger partial charge is 0.260 e. The molecule has 0 N–H and O–H groups in total. The highest BCUT2D eigenvalue weighted by molar-refractivity contribution is 5.55. The molecular weight excluding hydrogens is 218 g/mol. The van der Waals surface area contributed by atoms with Gasteiger partial charge in [-0.1, -0.05) is 63.9 Å². The van der Waals surface area contributed by atoms with Gasteiger partial charge in [0.15, 0.2) is 0 Å². The van der Waals surface area contributed by atoms with Crippen LogP contribution in [0.1, 0.15) is 81.9 Å². The Morgan fingerprint density at radius 1 is 0.778 bits per heavy atom. The van der Waals surface area contributed by atoms with Gasteiger partial charge in [0.05, 0.1) is 5.69 Å². The lowest BCUT2D eigenvalue weighted by Gasteiger charge is -2.16. The quantitative estimate of drug-likeness (QED) is 0.626. The average Bonchev–Trinajstić information content (AvgIpc) is 3.03. The van der Waals surface area contributed by atoms with Gasteiger partial charge in [-0.15, -0.1) is 0 Å². The van der Waals surface area contributed by atoms with Crippen molar-refractivity contribution in [2.75, 3.05) is 0 Å². The molecular formula is C17H25N. The predicted molar refractivity (Wildman–Crippen MR) is 75.8 cm³/mol. The molecule has 0 radical (unpaired) electrons. The van der Waals surface area contributed by atoms with Crippen LogP contribution >= 0.6 is 0 Å². The molecule has 0 saturated heterocycles. The molecule has 0 bridgehead atoms. The van der Waals surface area contributed by atoms with Gasteiger partial charge in [0.1, 0.15) is 0 Å². The van der Waals surface area contributed by atoms with Crippen LogP contribution in [0.3, 0.4) is 0 Å². The van der Waals surface area contributed by atoms with Crippen molar-refractivity contribution in [2.45, 2.75) is 76.0 Å². The number of fused-ring (bicyclic) bond motifs is 3. The number of nitrogens with zero attached hydrogens (tertiary/aromatic N) is 1. The van der Waals surface area contributed by atoms with Gasteiger partial charge >= 0.3 is 0 Å². The van der Waals surface area contributed by atoms with Crippen LogP contribution in [-0.2, 0) is 5.41 Å². The summed E-state index contributed by atoms with van der Waals surface area (Å²) in [6.07, 6.45) is 17.6. The molecule has 1 aromatic heterocycles. The highest BCUT2D eigenvalue weighted by Gasteiger charge is 2.50. The molecule has 98 valence electrons. The first-order chi connectivity index (χ1) is 8.93. The topological polar surface area (TPSA) is 12.9 Å². The number of pyridine rings is 1. The van der Waals surface area contributed by atoms with E-state index in [0.29, 0.717) is 5.41 Å². The molecule has 2 aliphatic carbocycles. The molecule has 0 atom stereocenters. The molecule has 2 aliphatic rings. The van der Waals surface area contributed by atoms with E-state index in [1.54, 1.807) is 5.56 Å². The van der Waals surface area contributed by atoms with Crippen LogP contribution in [0.4, 0.5) is 0 Å². The zero-order valence-corrected chi connectivity index (χ0v) is 11.5.